The fourth-order valence-corrected chi connectivity index (χ4v) is 6.87. The number of amides is 1. The lowest BCUT2D eigenvalue weighted by Gasteiger charge is -2.40. The van der Waals surface area contributed by atoms with Gasteiger partial charge in [-0.15, -0.1) is 0 Å². The lowest BCUT2D eigenvalue weighted by molar-refractivity contribution is -0.143. The molecule has 3 aliphatic heterocycles. The number of likely N-dealkylation sites (tertiary alicyclic amines) is 3. The molecule has 0 spiro atoms. The van der Waals surface area contributed by atoms with Gasteiger partial charge in [-0.05, 0) is 69.8 Å². The Balaban J connectivity index is 1.38. The predicted octanol–water partition coefficient (Wildman–Crippen LogP) is 3.46. The van der Waals surface area contributed by atoms with Crippen LogP contribution < -0.4 is 0 Å². The van der Waals surface area contributed by atoms with Gasteiger partial charge in [0.05, 0.1) is 0 Å². The van der Waals surface area contributed by atoms with Crippen LogP contribution in [0.5, 0.6) is 0 Å². The van der Waals surface area contributed by atoms with Crippen molar-refractivity contribution in [2.75, 3.05) is 39.8 Å². The first kappa shape index (κ1) is 18.6. The molecule has 4 heteroatoms. The van der Waals surface area contributed by atoms with Crippen LogP contribution in [0.4, 0.5) is 0 Å². The standard InChI is InChI=1S/C24H35N3O/c1-18-9-3-4-10-20(18)22-21-17-26(16-19(21)15-25(22)2)23(28)24(11-5-6-12-24)27-13-7-8-14-27/h3-4,9-10,19,21-22H,5-8,11-17H2,1-2H3/t19-,21+,22-/m0/s1. The van der Waals surface area contributed by atoms with Crippen molar-refractivity contribution in [3.05, 3.63) is 35.4 Å². The molecule has 0 radical (unpaired) electrons. The summed E-state index contributed by atoms with van der Waals surface area (Å²) in [7, 11) is 2.27. The van der Waals surface area contributed by atoms with Crippen LogP contribution in [0.3, 0.4) is 0 Å². The van der Waals surface area contributed by atoms with Crippen LogP contribution in [0.15, 0.2) is 24.3 Å². The Kier molecular flexibility index (Phi) is 4.75. The number of nitrogens with zero attached hydrogens (tertiary/aromatic N) is 3. The Bertz CT molecular complexity index is 735. The molecule has 1 aliphatic carbocycles. The molecule has 4 fully saturated rings. The quantitative estimate of drug-likeness (QED) is 0.802. The molecule has 152 valence electrons. The second kappa shape index (κ2) is 7.14. The highest BCUT2D eigenvalue weighted by Crippen LogP contribution is 2.47. The first-order valence-electron chi connectivity index (χ1n) is 11.4. The monoisotopic (exact) mass is 381 g/mol. The van der Waals surface area contributed by atoms with Gasteiger partial charge >= 0.3 is 0 Å². The van der Waals surface area contributed by atoms with Crippen LogP contribution in [0, 0.1) is 18.8 Å². The van der Waals surface area contributed by atoms with E-state index in [2.05, 4.69) is 52.9 Å². The fourth-order valence-electron chi connectivity index (χ4n) is 6.87. The highest BCUT2D eigenvalue weighted by molar-refractivity contribution is 5.87. The lowest BCUT2D eigenvalue weighted by Crippen LogP contribution is -2.57. The summed E-state index contributed by atoms with van der Waals surface area (Å²) >= 11 is 0. The predicted molar refractivity (Wildman–Crippen MR) is 112 cm³/mol. The average molecular weight is 382 g/mol. The molecule has 1 aromatic rings. The zero-order valence-electron chi connectivity index (χ0n) is 17.6. The largest absolute Gasteiger partial charge is 0.340 e. The summed E-state index contributed by atoms with van der Waals surface area (Å²) in [6, 6.07) is 9.29. The summed E-state index contributed by atoms with van der Waals surface area (Å²) in [6.45, 7) is 7.51. The molecule has 0 N–H and O–H groups in total. The van der Waals surface area contributed by atoms with Crippen LogP contribution >= 0.6 is 0 Å². The summed E-state index contributed by atoms with van der Waals surface area (Å²) in [5, 5.41) is 0. The number of hydrogen-bond acceptors (Lipinski definition) is 3. The van der Waals surface area contributed by atoms with E-state index >= 15 is 0 Å². The Morgan fingerprint density at radius 1 is 1.00 bits per heavy atom. The van der Waals surface area contributed by atoms with Crippen molar-refractivity contribution in [1.29, 1.82) is 0 Å². The molecule has 3 atom stereocenters. The molecule has 0 aromatic heterocycles. The number of hydrogen-bond donors (Lipinski definition) is 0. The number of rotatable bonds is 3. The van der Waals surface area contributed by atoms with E-state index in [-0.39, 0.29) is 5.54 Å². The Labute approximate surface area is 169 Å². The van der Waals surface area contributed by atoms with Crippen LogP contribution in [-0.4, -0.2) is 65.9 Å². The Morgan fingerprint density at radius 2 is 1.71 bits per heavy atom. The summed E-state index contributed by atoms with van der Waals surface area (Å²) in [6.07, 6.45) is 7.13. The molecule has 5 rings (SSSR count). The second-order valence-electron chi connectivity index (χ2n) is 9.81. The molecular weight excluding hydrogens is 346 g/mol. The first-order chi connectivity index (χ1) is 13.6. The minimum Gasteiger partial charge on any atom is -0.340 e. The van der Waals surface area contributed by atoms with E-state index in [1.807, 2.05) is 0 Å². The summed E-state index contributed by atoms with van der Waals surface area (Å²) in [5.74, 6) is 1.66. The number of aryl methyl sites for hydroxylation is 1. The van der Waals surface area contributed by atoms with Gasteiger partial charge in [-0.1, -0.05) is 37.1 Å². The highest BCUT2D eigenvalue weighted by Gasteiger charge is 2.53. The molecule has 1 aromatic carbocycles. The molecule has 3 saturated heterocycles. The van der Waals surface area contributed by atoms with Gasteiger partial charge in [-0.2, -0.15) is 0 Å². The summed E-state index contributed by atoms with van der Waals surface area (Å²) in [5.41, 5.74) is 2.68. The third kappa shape index (κ3) is 2.83. The number of benzene rings is 1. The minimum absolute atomic E-state index is 0.167. The zero-order valence-corrected chi connectivity index (χ0v) is 17.6. The topological polar surface area (TPSA) is 26.8 Å². The van der Waals surface area contributed by atoms with Gasteiger partial charge in [0.25, 0.3) is 0 Å². The van der Waals surface area contributed by atoms with E-state index in [1.165, 1.54) is 36.8 Å². The second-order valence-corrected chi connectivity index (χ2v) is 9.81. The van der Waals surface area contributed by atoms with Gasteiger partial charge in [-0.3, -0.25) is 14.6 Å². The number of carbonyl (C=O) groups is 1. The number of carbonyl (C=O) groups excluding carboxylic acids is 1. The van der Waals surface area contributed by atoms with Crippen LogP contribution in [0.2, 0.25) is 0 Å². The molecule has 0 bridgehead atoms. The van der Waals surface area contributed by atoms with Gasteiger partial charge in [0.2, 0.25) is 5.91 Å². The van der Waals surface area contributed by atoms with Crippen molar-refractivity contribution in [3.8, 4) is 0 Å². The molecular formula is C24H35N3O. The van der Waals surface area contributed by atoms with Crippen molar-refractivity contribution in [2.24, 2.45) is 11.8 Å². The van der Waals surface area contributed by atoms with Crippen molar-refractivity contribution >= 4 is 5.91 Å². The van der Waals surface area contributed by atoms with E-state index in [0.717, 1.165) is 45.6 Å². The summed E-state index contributed by atoms with van der Waals surface area (Å²) in [4.78, 5) is 21.2. The molecule has 4 aliphatic rings. The first-order valence-corrected chi connectivity index (χ1v) is 11.4. The van der Waals surface area contributed by atoms with Crippen LogP contribution in [-0.2, 0) is 4.79 Å². The summed E-state index contributed by atoms with van der Waals surface area (Å²) < 4.78 is 0. The normalized spacial score (nSPS) is 32.9. The molecule has 3 heterocycles. The smallest absolute Gasteiger partial charge is 0.243 e. The van der Waals surface area contributed by atoms with Crippen molar-refractivity contribution in [2.45, 2.75) is 57.0 Å². The van der Waals surface area contributed by atoms with E-state index in [9.17, 15) is 4.79 Å². The Morgan fingerprint density at radius 3 is 2.43 bits per heavy atom. The number of fused-ring (bicyclic) bond motifs is 1. The van der Waals surface area contributed by atoms with Crippen LogP contribution in [0.1, 0.15) is 55.7 Å². The van der Waals surface area contributed by atoms with Gasteiger partial charge in [0.15, 0.2) is 0 Å². The average Bonchev–Trinajstić information content (AvgIpc) is 3.46. The molecule has 0 unspecified atom stereocenters. The molecule has 4 nitrogen and oxygen atoms in total. The Hall–Kier alpha value is -1.39. The van der Waals surface area contributed by atoms with Crippen molar-refractivity contribution < 1.29 is 4.79 Å². The van der Waals surface area contributed by atoms with Crippen LogP contribution in [0.25, 0.3) is 0 Å². The molecule has 28 heavy (non-hydrogen) atoms. The lowest BCUT2D eigenvalue weighted by atomic mass is 9.88. The van der Waals surface area contributed by atoms with Gasteiger partial charge < -0.3 is 4.90 Å². The van der Waals surface area contributed by atoms with E-state index in [1.54, 1.807) is 0 Å². The van der Waals surface area contributed by atoms with Gasteiger partial charge in [0, 0.05) is 31.6 Å². The van der Waals surface area contributed by atoms with E-state index in [0.29, 0.717) is 23.8 Å². The zero-order chi connectivity index (χ0) is 19.3. The van der Waals surface area contributed by atoms with Gasteiger partial charge in [0.1, 0.15) is 5.54 Å². The van der Waals surface area contributed by atoms with E-state index < -0.39 is 0 Å². The van der Waals surface area contributed by atoms with Gasteiger partial charge in [-0.25, -0.2) is 0 Å². The highest BCUT2D eigenvalue weighted by atomic mass is 16.2. The third-order valence-corrected chi connectivity index (χ3v) is 8.23. The maximum Gasteiger partial charge on any atom is 0.243 e. The molecule has 1 saturated carbocycles. The van der Waals surface area contributed by atoms with Crippen molar-refractivity contribution in [1.82, 2.24) is 14.7 Å². The maximum absolute atomic E-state index is 13.9. The molecule has 1 amide bonds. The fraction of sp³-hybridized carbons (Fsp3) is 0.708. The third-order valence-electron chi connectivity index (χ3n) is 8.23. The van der Waals surface area contributed by atoms with Crippen molar-refractivity contribution in [3.63, 3.8) is 0 Å². The maximum atomic E-state index is 13.9. The minimum atomic E-state index is -0.167. The SMILES string of the molecule is Cc1ccccc1[C@H]1[C@@H]2CN(C(=O)C3(N4CCCC4)CCCC3)C[C@@H]2CN1C. The van der Waals surface area contributed by atoms with E-state index in [4.69, 9.17) is 0 Å².